The summed E-state index contributed by atoms with van der Waals surface area (Å²) in [5.74, 6) is -0.431. The third kappa shape index (κ3) is 3.85. The lowest BCUT2D eigenvalue weighted by atomic mass is 10.0. The summed E-state index contributed by atoms with van der Waals surface area (Å²) >= 11 is 0. The summed E-state index contributed by atoms with van der Waals surface area (Å²) in [4.78, 5) is 2.18. The number of primary sulfonamides is 1. The van der Waals surface area contributed by atoms with Crippen LogP contribution in [0.1, 0.15) is 30.1 Å². The maximum atomic E-state index is 14.5. The lowest BCUT2D eigenvalue weighted by Gasteiger charge is -2.26. The van der Waals surface area contributed by atoms with Crippen LogP contribution in [0.25, 0.3) is 0 Å². The summed E-state index contributed by atoms with van der Waals surface area (Å²) < 4.78 is 43.4. The van der Waals surface area contributed by atoms with Crippen LogP contribution in [0.3, 0.4) is 0 Å². The second-order valence-corrected chi connectivity index (χ2v) is 8.91. The zero-order chi connectivity index (χ0) is 19.0. The summed E-state index contributed by atoms with van der Waals surface area (Å²) in [7, 11) is -3.95. The highest BCUT2D eigenvalue weighted by Crippen LogP contribution is 2.40. The molecule has 0 amide bonds. The van der Waals surface area contributed by atoms with Gasteiger partial charge in [-0.25, -0.2) is 17.9 Å². The molecule has 4 rings (SSSR count). The number of benzene rings is 2. The predicted molar refractivity (Wildman–Crippen MR) is 100 cm³/mol. The molecule has 144 valence electrons. The van der Waals surface area contributed by atoms with Gasteiger partial charge in [-0.15, -0.1) is 0 Å². The van der Waals surface area contributed by atoms with Gasteiger partial charge in [0.1, 0.15) is 6.10 Å². The van der Waals surface area contributed by atoms with Gasteiger partial charge in [-0.3, -0.25) is 0 Å². The van der Waals surface area contributed by atoms with E-state index in [4.69, 9.17) is 9.88 Å². The van der Waals surface area contributed by atoms with E-state index in [2.05, 4.69) is 11.0 Å². The fraction of sp³-hybridized carbons (Fsp3) is 0.400. The molecule has 1 heterocycles. The second-order valence-electron chi connectivity index (χ2n) is 7.35. The van der Waals surface area contributed by atoms with Crippen molar-refractivity contribution in [3.05, 3.63) is 59.4 Å². The van der Waals surface area contributed by atoms with Crippen molar-refractivity contribution in [2.45, 2.75) is 30.3 Å². The van der Waals surface area contributed by atoms with E-state index in [-0.39, 0.29) is 22.7 Å². The Morgan fingerprint density at radius 1 is 1.15 bits per heavy atom. The zero-order valence-corrected chi connectivity index (χ0v) is 15.8. The number of halogens is 1. The monoisotopic (exact) mass is 390 g/mol. The highest BCUT2D eigenvalue weighted by molar-refractivity contribution is 7.89. The van der Waals surface area contributed by atoms with Crippen LogP contribution in [0.15, 0.2) is 47.4 Å². The quantitative estimate of drug-likeness (QED) is 0.852. The lowest BCUT2D eigenvalue weighted by molar-refractivity contribution is 0.116. The molecule has 0 radical (unpaired) electrons. The van der Waals surface area contributed by atoms with E-state index in [1.165, 1.54) is 30.5 Å². The van der Waals surface area contributed by atoms with Gasteiger partial charge in [-0.2, -0.15) is 0 Å². The maximum absolute atomic E-state index is 14.5. The minimum atomic E-state index is -3.95. The summed E-state index contributed by atoms with van der Waals surface area (Å²) in [6, 6.07) is 11.6. The Morgan fingerprint density at radius 3 is 2.59 bits per heavy atom. The van der Waals surface area contributed by atoms with Crippen molar-refractivity contribution in [1.82, 2.24) is 4.90 Å². The third-order valence-corrected chi connectivity index (χ3v) is 6.36. The smallest absolute Gasteiger partial charge is 0.238 e. The molecule has 1 aliphatic carbocycles. The zero-order valence-electron chi connectivity index (χ0n) is 15.0. The van der Waals surface area contributed by atoms with Crippen LogP contribution in [-0.4, -0.2) is 33.0 Å². The number of sulfonamides is 1. The van der Waals surface area contributed by atoms with Crippen molar-refractivity contribution < 1.29 is 17.5 Å². The lowest BCUT2D eigenvalue weighted by Crippen LogP contribution is -2.30. The molecule has 1 saturated heterocycles. The molecule has 0 aromatic heterocycles. The second kappa shape index (κ2) is 7.22. The normalized spacial score (nSPS) is 22.7. The standard InChI is InChI=1S/C20H23FN2O3S/c21-18-12-16(27(22,24)25)7-8-19(18)26-20-15(13-23-9-3-4-10-23)11-14-5-1-2-6-17(14)20/h1-2,5-8,12,15,20H,3-4,9-11,13H2,(H2,22,24,25)/t15-,20-/m1/s1. The van der Waals surface area contributed by atoms with Gasteiger partial charge in [0, 0.05) is 12.5 Å². The number of hydrogen-bond acceptors (Lipinski definition) is 4. The summed E-state index contributed by atoms with van der Waals surface area (Å²) in [6.45, 7) is 3.10. The van der Waals surface area contributed by atoms with Gasteiger partial charge in [0.15, 0.2) is 11.6 Å². The average Bonchev–Trinajstić information content (AvgIpc) is 3.24. The summed E-state index contributed by atoms with van der Waals surface area (Å²) in [6.07, 6.45) is 3.08. The van der Waals surface area contributed by atoms with E-state index in [1.54, 1.807) is 0 Å². The Bertz CT molecular complexity index is 942. The van der Waals surface area contributed by atoms with Crippen molar-refractivity contribution in [2.24, 2.45) is 11.1 Å². The molecule has 5 nitrogen and oxygen atoms in total. The van der Waals surface area contributed by atoms with Crippen LogP contribution in [0.4, 0.5) is 4.39 Å². The van der Waals surface area contributed by atoms with E-state index >= 15 is 0 Å². The fourth-order valence-electron chi connectivity index (χ4n) is 4.15. The van der Waals surface area contributed by atoms with Crippen molar-refractivity contribution in [3.63, 3.8) is 0 Å². The first-order valence-corrected chi connectivity index (χ1v) is 10.8. The van der Waals surface area contributed by atoms with Gasteiger partial charge in [0.25, 0.3) is 0 Å². The highest BCUT2D eigenvalue weighted by atomic mass is 32.2. The van der Waals surface area contributed by atoms with Crippen LogP contribution >= 0.6 is 0 Å². The Morgan fingerprint density at radius 2 is 1.89 bits per heavy atom. The first kappa shape index (κ1) is 18.4. The van der Waals surface area contributed by atoms with E-state index in [9.17, 15) is 12.8 Å². The van der Waals surface area contributed by atoms with Crippen molar-refractivity contribution in [1.29, 1.82) is 0 Å². The molecule has 2 aromatic carbocycles. The van der Waals surface area contributed by atoms with Crippen LogP contribution in [0, 0.1) is 11.7 Å². The molecular weight excluding hydrogens is 367 g/mol. The molecule has 0 saturated carbocycles. The number of nitrogens with two attached hydrogens (primary N) is 1. The molecular formula is C20H23FN2O3S. The first-order chi connectivity index (χ1) is 12.9. The average molecular weight is 390 g/mol. The molecule has 0 spiro atoms. The summed E-state index contributed by atoms with van der Waals surface area (Å²) in [5.41, 5.74) is 2.31. The van der Waals surface area contributed by atoms with Crippen molar-refractivity contribution >= 4 is 10.0 Å². The molecule has 27 heavy (non-hydrogen) atoms. The van der Waals surface area contributed by atoms with Gasteiger partial charge < -0.3 is 9.64 Å². The highest BCUT2D eigenvalue weighted by Gasteiger charge is 2.36. The Labute approximate surface area is 159 Å². The van der Waals surface area contributed by atoms with Crippen LogP contribution in [0.5, 0.6) is 5.75 Å². The maximum Gasteiger partial charge on any atom is 0.238 e. The van der Waals surface area contributed by atoms with Crippen LogP contribution < -0.4 is 9.88 Å². The number of rotatable bonds is 5. The third-order valence-electron chi connectivity index (χ3n) is 5.45. The van der Waals surface area contributed by atoms with Gasteiger partial charge in [-0.1, -0.05) is 24.3 Å². The molecule has 0 bridgehead atoms. The Hall–Kier alpha value is -1.96. The van der Waals surface area contributed by atoms with E-state index in [1.807, 2.05) is 18.2 Å². The van der Waals surface area contributed by atoms with Crippen LogP contribution in [-0.2, 0) is 16.4 Å². The molecule has 2 aromatic rings. The minimum Gasteiger partial charge on any atom is -0.482 e. The Kier molecular flexibility index (Phi) is 4.92. The SMILES string of the molecule is NS(=O)(=O)c1ccc(O[C@H]2c3ccccc3C[C@@H]2CN2CCCC2)c(F)c1. The molecule has 2 aliphatic rings. The number of ether oxygens (including phenoxy) is 1. The topological polar surface area (TPSA) is 72.6 Å². The van der Waals surface area contributed by atoms with Gasteiger partial charge in [0.05, 0.1) is 4.90 Å². The van der Waals surface area contributed by atoms with Crippen LogP contribution in [0.2, 0.25) is 0 Å². The van der Waals surface area contributed by atoms with Gasteiger partial charge in [-0.05, 0) is 61.7 Å². The number of hydrogen-bond donors (Lipinski definition) is 1. The Balaban J connectivity index is 1.61. The number of likely N-dealkylation sites (tertiary alicyclic amines) is 1. The molecule has 2 N–H and O–H groups in total. The fourth-order valence-corrected chi connectivity index (χ4v) is 4.67. The first-order valence-electron chi connectivity index (χ1n) is 9.21. The molecule has 1 aliphatic heterocycles. The predicted octanol–water partition coefficient (Wildman–Crippen LogP) is 2.86. The van der Waals surface area contributed by atoms with E-state index < -0.39 is 15.8 Å². The molecule has 2 atom stereocenters. The number of fused-ring (bicyclic) bond motifs is 1. The van der Waals surface area contributed by atoms with Crippen molar-refractivity contribution in [2.75, 3.05) is 19.6 Å². The molecule has 1 fully saturated rings. The van der Waals surface area contributed by atoms with E-state index in [0.717, 1.165) is 37.7 Å². The minimum absolute atomic E-state index is 0.0514. The summed E-state index contributed by atoms with van der Waals surface area (Å²) in [5, 5.41) is 5.08. The molecule has 0 unspecified atom stereocenters. The van der Waals surface area contributed by atoms with Crippen molar-refractivity contribution in [3.8, 4) is 5.75 Å². The number of nitrogens with zero attached hydrogens (tertiary/aromatic N) is 1. The largest absolute Gasteiger partial charge is 0.482 e. The molecule has 7 heteroatoms. The van der Waals surface area contributed by atoms with Gasteiger partial charge in [0.2, 0.25) is 10.0 Å². The van der Waals surface area contributed by atoms with Gasteiger partial charge >= 0.3 is 0 Å². The van der Waals surface area contributed by atoms with E-state index in [0.29, 0.717) is 0 Å².